The Morgan fingerprint density at radius 2 is 2.14 bits per heavy atom. The van der Waals surface area contributed by atoms with Crippen molar-refractivity contribution in [3.05, 3.63) is 29.6 Å². The smallest absolute Gasteiger partial charge is 0.0528 e. The highest BCUT2D eigenvalue weighted by Gasteiger charge is 2.01. The molecule has 0 bridgehead atoms. The molecule has 2 rings (SSSR count). The van der Waals surface area contributed by atoms with Crippen LogP contribution in [0.2, 0.25) is 0 Å². The first-order chi connectivity index (χ1) is 6.92. The summed E-state index contributed by atoms with van der Waals surface area (Å²) in [4.78, 5) is 0. The minimum absolute atomic E-state index is 0.717. The van der Waals surface area contributed by atoms with E-state index >= 15 is 0 Å². The fourth-order valence-corrected chi connectivity index (χ4v) is 2.46. The van der Waals surface area contributed by atoms with E-state index in [1.807, 2.05) is 0 Å². The maximum Gasteiger partial charge on any atom is 0.0528 e. The molecule has 0 amide bonds. The largest absolute Gasteiger partial charge is 0.384 e. The lowest BCUT2D eigenvalue weighted by atomic mass is 10.2. The fourth-order valence-electron chi connectivity index (χ4n) is 1.40. The molecule has 2 aromatic rings. The van der Waals surface area contributed by atoms with E-state index in [0.717, 1.165) is 18.8 Å². The third-order valence-corrected chi connectivity index (χ3v) is 3.34. The number of anilines is 1. The van der Waals surface area contributed by atoms with Crippen LogP contribution in [0, 0.1) is 0 Å². The molecule has 14 heavy (non-hydrogen) atoms. The number of hydrogen-bond acceptors (Lipinski definition) is 2. The molecule has 0 aliphatic heterocycles. The highest BCUT2D eigenvalue weighted by Crippen LogP contribution is 2.29. The molecule has 74 valence electrons. The number of alkyl halides is 1. The lowest BCUT2D eigenvalue weighted by Gasteiger charge is -2.02. The predicted octanol–water partition coefficient (Wildman–Crippen LogP) is 3.94. The number of hydrogen-bond donors (Lipinski definition) is 1. The summed E-state index contributed by atoms with van der Waals surface area (Å²) in [6.07, 6.45) is 1.01. The van der Waals surface area contributed by atoms with Crippen LogP contribution in [0.1, 0.15) is 6.42 Å². The van der Waals surface area contributed by atoms with Gasteiger partial charge in [0.2, 0.25) is 0 Å². The van der Waals surface area contributed by atoms with Gasteiger partial charge in [-0.05, 0) is 12.5 Å². The van der Waals surface area contributed by atoms with Gasteiger partial charge in [0.1, 0.15) is 0 Å². The van der Waals surface area contributed by atoms with Gasteiger partial charge in [-0.2, -0.15) is 0 Å². The van der Waals surface area contributed by atoms with Crippen LogP contribution in [-0.2, 0) is 0 Å². The zero-order valence-electron chi connectivity index (χ0n) is 7.79. The number of fused-ring (bicyclic) bond motifs is 1. The summed E-state index contributed by atoms with van der Waals surface area (Å²) >= 11 is 7.40. The summed E-state index contributed by atoms with van der Waals surface area (Å²) in [5.41, 5.74) is 1.23. The van der Waals surface area contributed by atoms with Gasteiger partial charge in [-0.25, -0.2) is 0 Å². The van der Waals surface area contributed by atoms with Gasteiger partial charge in [-0.15, -0.1) is 22.9 Å². The van der Waals surface area contributed by atoms with Crippen molar-refractivity contribution in [3.63, 3.8) is 0 Å². The van der Waals surface area contributed by atoms with Crippen LogP contribution in [0.4, 0.5) is 5.69 Å². The van der Waals surface area contributed by atoms with E-state index in [0.29, 0.717) is 0 Å². The minimum atomic E-state index is 0.717. The fraction of sp³-hybridized carbons (Fsp3) is 0.273. The highest BCUT2D eigenvalue weighted by molar-refractivity contribution is 7.17. The molecular weight excluding hydrogens is 214 g/mol. The summed E-state index contributed by atoms with van der Waals surface area (Å²) in [6, 6.07) is 8.44. The molecule has 0 aliphatic rings. The molecule has 1 N–H and O–H groups in total. The van der Waals surface area contributed by atoms with Gasteiger partial charge in [-0.3, -0.25) is 0 Å². The SMILES string of the molecule is ClCCCNc1csc2ccccc12. The number of rotatable bonds is 4. The second-order valence-electron chi connectivity index (χ2n) is 3.11. The molecule has 0 unspecified atom stereocenters. The molecule has 1 aromatic carbocycles. The van der Waals surface area contributed by atoms with Crippen LogP contribution < -0.4 is 5.32 Å². The number of nitrogens with one attached hydrogen (secondary N) is 1. The minimum Gasteiger partial charge on any atom is -0.384 e. The quantitative estimate of drug-likeness (QED) is 0.614. The van der Waals surface area contributed by atoms with Gasteiger partial charge < -0.3 is 5.32 Å². The van der Waals surface area contributed by atoms with Crippen molar-refractivity contribution in [2.75, 3.05) is 17.7 Å². The van der Waals surface area contributed by atoms with Crippen LogP contribution in [-0.4, -0.2) is 12.4 Å². The van der Waals surface area contributed by atoms with E-state index in [4.69, 9.17) is 11.6 Å². The zero-order valence-corrected chi connectivity index (χ0v) is 9.37. The van der Waals surface area contributed by atoms with Gasteiger partial charge in [-0.1, -0.05) is 18.2 Å². The summed E-state index contributed by atoms with van der Waals surface area (Å²) < 4.78 is 1.33. The van der Waals surface area contributed by atoms with Gasteiger partial charge in [0, 0.05) is 27.9 Å². The molecule has 0 spiro atoms. The van der Waals surface area contributed by atoms with Crippen molar-refractivity contribution < 1.29 is 0 Å². The maximum absolute atomic E-state index is 5.62. The lowest BCUT2D eigenvalue weighted by Crippen LogP contribution is -2.00. The second kappa shape index (κ2) is 4.67. The molecule has 0 aliphatic carbocycles. The zero-order chi connectivity index (χ0) is 9.80. The predicted molar refractivity (Wildman–Crippen MR) is 65.7 cm³/mol. The Balaban J connectivity index is 2.17. The molecule has 1 heterocycles. The average Bonchev–Trinajstić information content (AvgIpc) is 2.63. The first kappa shape index (κ1) is 9.81. The van der Waals surface area contributed by atoms with Crippen LogP contribution in [0.25, 0.3) is 10.1 Å². The van der Waals surface area contributed by atoms with Crippen molar-refractivity contribution in [2.45, 2.75) is 6.42 Å². The van der Waals surface area contributed by atoms with Crippen molar-refractivity contribution in [2.24, 2.45) is 0 Å². The van der Waals surface area contributed by atoms with E-state index in [2.05, 4.69) is 35.0 Å². The summed E-state index contributed by atoms with van der Waals surface area (Å²) in [6.45, 7) is 0.949. The first-order valence-corrected chi connectivity index (χ1v) is 6.09. The first-order valence-electron chi connectivity index (χ1n) is 4.68. The molecule has 0 radical (unpaired) electrons. The van der Waals surface area contributed by atoms with Gasteiger partial charge in [0.25, 0.3) is 0 Å². The van der Waals surface area contributed by atoms with Crippen LogP contribution >= 0.6 is 22.9 Å². The van der Waals surface area contributed by atoms with Crippen LogP contribution in [0.5, 0.6) is 0 Å². The molecule has 0 saturated carbocycles. The average molecular weight is 226 g/mol. The van der Waals surface area contributed by atoms with Crippen LogP contribution in [0.3, 0.4) is 0 Å². The van der Waals surface area contributed by atoms with E-state index < -0.39 is 0 Å². The van der Waals surface area contributed by atoms with E-state index in [1.165, 1.54) is 15.8 Å². The Labute approximate surface area is 92.7 Å². The highest BCUT2D eigenvalue weighted by atomic mass is 35.5. The van der Waals surface area contributed by atoms with Gasteiger partial charge in [0.05, 0.1) is 5.69 Å². The van der Waals surface area contributed by atoms with Gasteiger partial charge in [0.15, 0.2) is 0 Å². The summed E-state index contributed by atoms with van der Waals surface area (Å²) in [5, 5.41) is 6.87. The van der Waals surface area contributed by atoms with Crippen LogP contribution in [0.15, 0.2) is 29.6 Å². The number of halogens is 1. The van der Waals surface area contributed by atoms with Crippen molar-refractivity contribution >= 4 is 38.7 Å². The molecular formula is C11H12ClNS. The van der Waals surface area contributed by atoms with E-state index in [9.17, 15) is 0 Å². The Kier molecular flexibility index (Phi) is 3.27. The van der Waals surface area contributed by atoms with E-state index in [1.54, 1.807) is 11.3 Å². The lowest BCUT2D eigenvalue weighted by molar-refractivity contribution is 0.990. The Morgan fingerprint density at radius 3 is 3.00 bits per heavy atom. The van der Waals surface area contributed by atoms with E-state index in [-0.39, 0.29) is 0 Å². The Hall–Kier alpha value is -0.730. The Morgan fingerprint density at radius 1 is 1.29 bits per heavy atom. The molecule has 0 fully saturated rings. The third-order valence-electron chi connectivity index (χ3n) is 2.11. The summed E-state index contributed by atoms with van der Waals surface area (Å²) in [7, 11) is 0. The van der Waals surface area contributed by atoms with Crippen molar-refractivity contribution in [3.8, 4) is 0 Å². The normalized spacial score (nSPS) is 10.6. The monoisotopic (exact) mass is 225 g/mol. The topological polar surface area (TPSA) is 12.0 Å². The maximum atomic E-state index is 5.62. The molecule has 0 atom stereocenters. The van der Waals surface area contributed by atoms with Gasteiger partial charge >= 0.3 is 0 Å². The molecule has 0 saturated heterocycles. The Bertz CT molecular complexity index is 410. The molecule has 1 aromatic heterocycles. The standard InChI is InChI=1S/C11H12ClNS/c12-6-3-7-13-10-8-14-11-5-2-1-4-9(10)11/h1-2,4-5,8,13H,3,6-7H2. The molecule has 1 nitrogen and oxygen atoms in total. The summed E-state index contributed by atoms with van der Waals surface area (Å²) in [5.74, 6) is 0.717. The van der Waals surface area contributed by atoms with Crippen molar-refractivity contribution in [1.82, 2.24) is 0 Å². The number of benzene rings is 1. The second-order valence-corrected chi connectivity index (χ2v) is 4.40. The number of thiophene rings is 1. The third kappa shape index (κ3) is 2.02. The van der Waals surface area contributed by atoms with Crippen molar-refractivity contribution in [1.29, 1.82) is 0 Å². The molecule has 3 heteroatoms.